The maximum atomic E-state index is 12.5. The molecule has 1 saturated carbocycles. The summed E-state index contributed by atoms with van der Waals surface area (Å²) in [6.07, 6.45) is 4.83. The van der Waals surface area contributed by atoms with Crippen molar-refractivity contribution < 1.29 is 4.79 Å². The molecule has 1 aromatic heterocycles. The normalized spacial score (nSPS) is 24.4. The number of nitrogens with two attached hydrogens (primary N) is 1. The number of aromatic amines is 1. The van der Waals surface area contributed by atoms with Crippen molar-refractivity contribution in [2.75, 3.05) is 25.4 Å². The van der Waals surface area contributed by atoms with E-state index in [9.17, 15) is 4.79 Å². The van der Waals surface area contributed by atoms with Crippen LogP contribution in [0.4, 0.5) is 5.82 Å². The first-order valence-electron chi connectivity index (χ1n) is 9.43. The predicted molar refractivity (Wildman–Crippen MR) is 102 cm³/mol. The molecule has 1 amide bonds. The summed E-state index contributed by atoms with van der Waals surface area (Å²) in [5, 5.41) is 10.3. The van der Waals surface area contributed by atoms with E-state index in [-0.39, 0.29) is 17.1 Å². The average Bonchev–Trinajstić information content (AvgIpc) is 3.33. The zero-order valence-electron chi connectivity index (χ0n) is 15.2. The molecule has 1 aliphatic heterocycles. The van der Waals surface area contributed by atoms with Crippen molar-refractivity contribution in [3.05, 3.63) is 47.7 Å². The summed E-state index contributed by atoms with van der Waals surface area (Å²) in [4.78, 5) is 14.4. The second kappa shape index (κ2) is 6.76. The molecule has 6 nitrogen and oxygen atoms in total. The van der Waals surface area contributed by atoms with Crippen molar-refractivity contribution in [2.24, 2.45) is 5.41 Å². The number of H-pyrrole nitrogens is 1. The van der Waals surface area contributed by atoms with E-state index in [1.807, 2.05) is 4.90 Å². The molecule has 138 valence electrons. The van der Waals surface area contributed by atoms with Gasteiger partial charge in [-0.2, -0.15) is 5.10 Å². The highest BCUT2D eigenvalue weighted by Gasteiger charge is 2.40. The number of hydrogen-bond donors (Lipinski definition) is 3. The molecule has 4 rings (SSSR count). The van der Waals surface area contributed by atoms with Gasteiger partial charge in [0.1, 0.15) is 5.56 Å². The van der Waals surface area contributed by atoms with Crippen LogP contribution in [-0.2, 0) is 0 Å². The molecule has 2 fully saturated rings. The zero-order valence-corrected chi connectivity index (χ0v) is 15.2. The van der Waals surface area contributed by atoms with Gasteiger partial charge in [-0.3, -0.25) is 9.89 Å². The van der Waals surface area contributed by atoms with Crippen LogP contribution in [0.2, 0.25) is 0 Å². The molecular formula is C20H27N5O. The van der Waals surface area contributed by atoms with Gasteiger partial charge in [0, 0.05) is 37.8 Å². The SMILES string of the molecule is CC1(CN[C@@H]2C[C@H]2c2ccccc2)CCN(C(=O)c2c[nH]nc2N)CC1. The van der Waals surface area contributed by atoms with Gasteiger partial charge >= 0.3 is 0 Å². The number of nitrogens with one attached hydrogen (secondary N) is 2. The van der Waals surface area contributed by atoms with Crippen LogP contribution in [0.25, 0.3) is 0 Å². The highest BCUT2D eigenvalue weighted by molar-refractivity contribution is 5.98. The molecule has 6 heteroatoms. The zero-order chi connectivity index (χ0) is 18.1. The Morgan fingerprint density at radius 2 is 2.08 bits per heavy atom. The second-order valence-corrected chi connectivity index (χ2v) is 8.03. The van der Waals surface area contributed by atoms with Gasteiger partial charge in [-0.05, 0) is 30.2 Å². The van der Waals surface area contributed by atoms with E-state index < -0.39 is 0 Å². The largest absolute Gasteiger partial charge is 0.382 e. The number of nitrogens with zero attached hydrogens (tertiary/aromatic N) is 2. The fourth-order valence-corrected chi connectivity index (χ4v) is 3.94. The standard InChI is InChI=1S/C20H27N5O/c1-20(13-22-17-11-15(17)14-5-3-2-4-6-14)7-9-25(10-8-20)19(26)16-12-23-24-18(16)21/h2-6,12,15,17,22H,7-11,13H2,1H3,(H3,21,23,24)/t15-,17+/m0/s1. The van der Waals surface area contributed by atoms with Gasteiger partial charge in [0.15, 0.2) is 5.82 Å². The van der Waals surface area contributed by atoms with Crippen LogP contribution in [0.5, 0.6) is 0 Å². The van der Waals surface area contributed by atoms with Crippen molar-refractivity contribution in [3.63, 3.8) is 0 Å². The van der Waals surface area contributed by atoms with Crippen molar-refractivity contribution in [1.82, 2.24) is 20.4 Å². The first kappa shape index (κ1) is 17.1. The van der Waals surface area contributed by atoms with Gasteiger partial charge in [-0.15, -0.1) is 0 Å². The number of carbonyl (C=O) groups is 1. The van der Waals surface area contributed by atoms with Gasteiger partial charge in [-0.25, -0.2) is 0 Å². The van der Waals surface area contributed by atoms with Gasteiger partial charge in [0.2, 0.25) is 0 Å². The lowest BCUT2D eigenvalue weighted by Gasteiger charge is -2.39. The molecule has 1 aliphatic carbocycles. The molecule has 0 spiro atoms. The summed E-state index contributed by atoms with van der Waals surface area (Å²) in [5.74, 6) is 0.925. The quantitative estimate of drug-likeness (QED) is 0.770. The lowest BCUT2D eigenvalue weighted by Crippen LogP contribution is -2.46. The monoisotopic (exact) mass is 353 g/mol. The number of benzene rings is 1. The minimum Gasteiger partial charge on any atom is -0.382 e. The molecule has 0 radical (unpaired) electrons. The maximum Gasteiger partial charge on any atom is 0.259 e. The molecule has 1 saturated heterocycles. The van der Waals surface area contributed by atoms with E-state index in [0.717, 1.165) is 32.5 Å². The Balaban J connectivity index is 1.26. The summed E-state index contributed by atoms with van der Waals surface area (Å²) in [6.45, 7) is 4.88. The Morgan fingerprint density at radius 3 is 2.73 bits per heavy atom. The molecule has 4 N–H and O–H groups in total. The molecule has 1 aromatic carbocycles. The van der Waals surface area contributed by atoms with Crippen molar-refractivity contribution in [3.8, 4) is 0 Å². The van der Waals surface area contributed by atoms with E-state index >= 15 is 0 Å². The Labute approximate surface area is 154 Å². The van der Waals surface area contributed by atoms with Gasteiger partial charge in [0.05, 0.1) is 0 Å². The number of hydrogen-bond acceptors (Lipinski definition) is 4. The van der Waals surface area contributed by atoms with Crippen molar-refractivity contribution in [2.45, 2.75) is 38.1 Å². The lowest BCUT2D eigenvalue weighted by atomic mass is 9.80. The first-order chi connectivity index (χ1) is 12.6. The van der Waals surface area contributed by atoms with Crippen LogP contribution in [0.15, 0.2) is 36.5 Å². The third-order valence-electron chi connectivity index (χ3n) is 5.97. The number of anilines is 1. The number of likely N-dealkylation sites (tertiary alicyclic amines) is 1. The third kappa shape index (κ3) is 3.46. The van der Waals surface area contributed by atoms with E-state index in [4.69, 9.17) is 5.73 Å². The topological polar surface area (TPSA) is 87.0 Å². The number of piperidine rings is 1. The molecular weight excluding hydrogens is 326 g/mol. The summed E-state index contributed by atoms with van der Waals surface area (Å²) >= 11 is 0. The summed E-state index contributed by atoms with van der Waals surface area (Å²) in [6, 6.07) is 11.3. The van der Waals surface area contributed by atoms with Gasteiger partial charge < -0.3 is 16.0 Å². The second-order valence-electron chi connectivity index (χ2n) is 8.03. The van der Waals surface area contributed by atoms with Crippen LogP contribution in [0, 0.1) is 5.41 Å². The van der Waals surface area contributed by atoms with Gasteiger partial charge in [-0.1, -0.05) is 37.3 Å². The van der Waals surface area contributed by atoms with Gasteiger partial charge in [0.25, 0.3) is 5.91 Å². The Morgan fingerprint density at radius 1 is 1.35 bits per heavy atom. The summed E-state index contributed by atoms with van der Waals surface area (Å²) in [5.41, 5.74) is 7.91. The molecule has 0 unspecified atom stereocenters. The Kier molecular flexibility index (Phi) is 4.44. The van der Waals surface area contributed by atoms with E-state index in [0.29, 0.717) is 17.5 Å². The van der Waals surface area contributed by atoms with Crippen LogP contribution >= 0.6 is 0 Å². The molecule has 2 aliphatic rings. The van der Waals surface area contributed by atoms with Crippen molar-refractivity contribution in [1.29, 1.82) is 0 Å². The predicted octanol–water partition coefficient (Wildman–Crippen LogP) is 2.38. The molecule has 2 aromatic rings. The van der Waals surface area contributed by atoms with Crippen LogP contribution in [0.3, 0.4) is 0 Å². The number of aromatic nitrogens is 2. The first-order valence-corrected chi connectivity index (χ1v) is 9.43. The maximum absolute atomic E-state index is 12.5. The number of amides is 1. The minimum atomic E-state index is -0.0161. The van der Waals surface area contributed by atoms with E-state index in [1.165, 1.54) is 12.0 Å². The van der Waals surface area contributed by atoms with Crippen LogP contribution in [0.1, 0.15) is 48.0 Å². The van der Waals surface area contributed by atoms with Crippen LogP contribution in [-0.4, -0.2) is 46.7 Å². The number of carbonyl (C=O) groups excluding carboxylic acids is 1. The van der Waals surface area contributed by atoms with E-state index in [1.54, 1.807) is 6.20 Å². The molecule has 26 heavy (non-hydrogen) atoms. The third-order valence-corrected chi connectivity index (χ3v) is 5.97. The van der Waals surface area contributed by atoms with E-state index in [2.05, 4.69) is 52.8 Å². The van der Waals surface area contributed by atoms with Crippen molar-refractivity contribution >= 4 is 11.7 Å². The minimum absolute atomic E-state index is 0.0161. The Bertz CT molecular complexity index is 764. The highest BCUT2D eigenvalue weighted by atomic mass is 16.2. The molecule has 2 heterocycles. The average molecular weight is 353 g/mol. The molecule has 2 atom stereocenters. The number of nitrogen functional groups attached to an aromatic ring is 1. The number of rotatable bonds is 5. The lowest BCUT2D eigenvalue weighted by molar-refractivity contribution is 0.0606. The summed E-state index contributed by atoms with van der Waals surface area (Å²) in [7, 11) is 0. The smallest absolute Gasteiger partial charge is 0.259 e. The highest BCUT2D eigenvalue weighted by Crippen LogP contribution is 2.41. The van der Waals surface area contributed by atoms with Crippen LogP contribution < -0.4 is 11.1 Å². The fraction of sp³-hybridized carbons (Fsp3) is 0.500. The molecule has 0 bridgehead atoms. The Hall–Kier alpha value is -2.34. The fourth-order valence-electron chi connectivity index (χ4n) is 3.94. The summed E-state index contributed by atoms with van der Waals surface area (Å²) < 4.78 is 0.